The molecule has 1 aromatic carbocycles. The maximum atomic E-state index is 13.7. The molecule has 2 heterocycles. The van der Waals surface area contributed by atoms with Gasteiger partial charge in [-0.25, -0.2) is 9.37 Å². The molecule has 108 valence electrons. The van der Waals surface area contributed by atoms with Crippen molar-refractivity contribution in [2.45, 2.75) is 19.9 Å². The Morgan fingerprint density at radius 2 is 2.19 bits per heavy atom. The number of hydrogen-bond donors (Lipinski definition) is 0. The molecule has 2 aromatic heterocycles. The molecular formula is C15H14ClFN4. The zero-order valence-electron chi connectivity index (χ0n) is 11.6. The minimum Gasteiger partial charge on any atom is -0.322 e. The molecule has 0 saturated heterocycles. The number of alkyl halides is 1. The van der Waals surface area contributed by atoms with Gasteiger partial charge in [-0.05, 0) is 30.7 Å². The largest absolute Gasteiger partial charge is 0.322 e. The van der Waals surface area contributed by atoms with Crippen molar-refractivity contribution in [3.63, 3.8) is 0 Å². The molecule has 0 spiro atoms. The van der Waals surface area contributed by atoms with Crippen LogP contribution in [-0.4, -0.2) is 25.6 Å². The fourth-order valence-corrected chi connectivity index (χ4v) is 2.50. The number of aryl methyl sites for hydroxylation is 2. The summed E-state index contributed by atoms with van der Waals surface area (Å²) in [5.74, 6) is 1.05. The van der Waals surface area contributed by atoms with Gasteiger partial charge in [-0.15, -0.1) is 11.6 Å². The van der Waals surface area contributed by atoms with E-state index in [1.807, 2.05) is 22.8 Å². The molecule has 0 aliphatic heterocycles. The number of rotatable bonds is 4. The highest BCUT2D eigenvalue weighted by atomic mass is 35.5. The van der Waals surface area contributed by atoms with E-state index in [0.29, 0.717) is 29.9 Å². The Balaban J connectivity index is 2.13. The second-order valence-corrected chi connectivity index (χ2v) is 5.24. The van der Waals surface area contributed by atoms with Gasteiger partial charge >= 0.3 is 0 Å². The van der Waals surface area contributed by atoms with Crippen LogP contribution in [0.25, 0.3) is 11.0 Å². The number of nitrogens with zero attached hydrogens (tertiary/aromatic N) is 4. The molecule has 0 aliphatic carbocycles. The summed E-state index contributed by atoms with van der Waals surface area (Å²) in [4.78, 5) is 4.49. The molecule has 0 N–H and O–H groups in total. The lowest BCUT2D eigenvalue weighted by Gasteiger charge is -2.08. The molecule has 0 atom stereocenters. The summed E-state index contributed by atoms with van der Waals surface area (Å²) in [5.41, 5.74) is 2.96. The van der Waals surface area contributed by atoms with Crippen molar-refractivity contribution in [1.82, 2.24) is 19.7 Å². The topological polar surface area (TPSA) is 43.6 Å². The lowest BCUT2D eigenvalue weighted by molar-refractivity contribution is 0.620. The van der Waals surface area contributed by atoms with Gasteiger partial charge in [0.2, 0.25) is 0 Å². The Hall–Kier alpha value is -2.01. The zero-order chi connectivity index (χ0) is 14.8. The van der Waals surface area contributed by atoms with Gasteiger partial charge in [0.1, 0.15) is 11.6 Å². The van der Waals surface area contributed by atoms with Crippen LogP contribution in [0.3, 0.4) is 0 Å². The average molecular weight is 305 g/mol. The predicted molar refractivity (Wildman–Crippen MR) is 80.0 cm³/mol. The monoisotopic (exact) mass is 304 g/mol. The Morgan fingerprint density at radius 3 is 2.90 bits per heavy atom. The SMILES string of the molecule is Cc1cc2c(cc1F)nc(CCCl)n2Cc1cccnn1. The maximum Gasteiger partial charge on any atom is 0.128 e. The number of imidazole rings is 1. The molecule has 4 nitrogen and oxygen atoms in total. The number of aromatic nitrogens is 4. The van der Waals surface area contributed by atoms with Crippen molar-refractivity contribution in [1.29, 1.82) is 0 Å². The van der Waals surface area contributed by atoms with Crippen LogP contribution in [0.4, 0.5) is 4.39 Å². The van der Waals surface area contributed by atoms with Crippen molar-refractivity contribution >= 4 is 22.6 Å². The van der Waals surface area contributed by atoms with E-state index in [1.54, 1.807) is 13.1 Å². The third kappa shape index (κ3) is 2.74. The number of hydrogen-bond acceptors (Lipinski definition) is 3. The quantitative estimate of drug-likeness (QED) is 0.696. The van der Waals surface area contributed by atoms with E-state index >= 15 is 0 Å². The van der Waals surface area contributed by atoms with Crippen LogP contribution in [0.5, 0.6) is 0 Å². The van der Waals surface area contributed by atoms with Crippen molar-refractivity contribution < 1.29 is 4.39 Å². The van der Waals surface area contributed by atoms with Gasteiger partial charge in [0.15, 0.2) is 0 Å². The lowest BCUT2D eigenvalue weighted by Crippen LogP contribution is -2.07. The molecule has 21 heavy (non-hydrogen) atoms. The first kappa shape index (κ1) is 13.9. The summed E-state index contributed by atoms with van der Waals surface area (Å²) >= 11 is 5.85. The van der Waals surface area contributed by atoms with Crippen LogP contribution in [0.15, 0.2) is 30.5 Å². The van der Waals surface area contributed by atoms with E-state index < -0.39 is 0 Å². The summed E-state index contributed by atoms with van der Waals surface area (Å²) in [6.07, 6.45) is 2.26. The van der Waals surface area contributed by atoms with Gasteiger partial charge in [0.05, 0.1) is 23.3 Å². The summed E-state index contributed by atoms with van der Waals surface area (Å²) in [5, 5.41) is 7.98. The van der Waals surface area contributed by atoms with E-state index in [0.717, 1.165) is 17.0 Å². The van der Waals surface area contributed by atoms with Crippen LogP contribution in [0.2, 0.25) is 0 Å². The first-order chi connectivity index (χ1) is 10.2. The van der Waals surface area contributed by atoms with E-state index in [4.69, 9.17) is 11.6 Å². The smallest absolute Gasteiger partial charge is 0.128 e. The minimum absolute atomic E-state index is 0.246. The minimum atomic E-state index is -0.246. The molecule has 0 aliphatic rings. The number of fused-ring (bicyclic) bond motifs is 1. The van der Waals surface area contributed by atoms with Crippen molar-refractivity contribution in [2.24, 2.45) is 0 Å². The Morgan fingerprint density at radius 1 is 1.33 bits per heavy atom. The van der Waals surface area contributed by atoms with Crippen LogP contribution in [-0.2, 0) is 13.0 Å². The molecule has 6 heteroatoms. The van der Waals surface area contributed by atoms with Gasteiger partial charge < -0.3 is 4.57 Å². The van der Waals surface area contributed by atoms with Crippen LogP contribution in [0, 0.1) is 12.7 Å². The second-order valence-electron chi connectivity index (χ2n) is 4.86. The molecule has 0 bridgehead atoms. The lowest BCUT2D eigenvalue weighted by atomic mass is 10.2. The zero-order valence-corrected chi connectivity index (χ0v) is 12.3. The molecule has 3 aromatic rings. The van der Waals surface area contributed by atoms with Crippen molar-refractivity contribution in [3.8, 4) is 0 Å². The van der Waals surface area contributed by atoms with E-state index in [9.17, 15) is 4.39 Å². The Kier molecular flexibility index (Phi) is 3.84. The van der Waals surface area contributed by atoms with Crippen molar-refractivity contribution in [3.05, 3.63) is 53.4 Å². The van der Waals surface area contributed by atoms with Gasteiger partial charge in [0, 0.05) is 24.6 Å². The third-order valence-electron chi connectivity index (χ3n) is 3.37. The second kappa shape index (κ2) is 5.77. The molecule has 0 saturated carbocycles. The molecule has 0 amide bonds. The fourth-order valence-electron chi connectivity index (χ4n) is 2.33. The maximum absolute atomic E-state index is 13.7. The van der Waals surface area contributed by atoms with E-state index in [1.165, 1.54) is 6.07 Å². The normalized spacial score (nSPS) is 11.2. The van der Waals surface area contributed by atoms with E-state index in [2.05, 4.69) is 15.2 Å². The van der Waals surface area contributed by atoms with Gasteiger partial charge in [-0.2, -0.15) is 10.2 Å². The Bertz CT molecular complexity index is 770. The highest BCUT2D eigenvalue weighted by Crippen LogP contribution is 2.21. The fraction of sp³-hybridized carbons (Fsp3) is 0.267. The van der Waals surface area contributed by atoms with Crippen LogP contribution in [0.1, 0.15) is 17.1 Å². The average Bonchev–Trinajstić information content (AvgIpc) is 2.79. The summed E-state index contributed by atoms with van der Waals surface area (Å²) in [7, 11) is 0. The van der Waals surface area contributed by atoms with Crippen LogP contribution < -0.4 is 0 Å². The highest BCUT2D eigenvalue weighted by Gasteiger charge is 2.13. The first-order valence-corrected chi connectivity index (χ1v) is 7.20. The first-order valence-electron chi connectivity index (χ1n) is 6.67. The number of halogens is 2. The van der Waals surface area contributed by atoms with Gasteiger partial charge in [-0.3, -0.25) is 0 Å². The van der Waals surface area contributed by atoms with E-state index in [-0.39, 0.29) is 5.82 Å². The Labute approximate surface area is 126 Å². The molecule has 0 unspecified atom stereocenters. The summed E-state index contributed by atoms with van der Waals surface area (Å²) in [6, 6.07) is 7.02. The summed E-state index contributed by atoms with van der Waals surface area (Å²) < 4.78 is 15.7. The van der Waals surface area contributed by atoms with Crippen molar-refractivity contribution in [2.75, 3.05) is 5.88 Å². The molecular weight excluding hydrogens is 291 g/mol. The predicted octanol–water partition coefficient (Wildman–Crippen LogP) is 3.10. The standard InChI is InChI=1S/C15H14ClFN4/c1-10-7-14-13(8-12(10)17)19-15(4-5-16)21(14)9-11-3-2-6-18-20-11/h2-3,6-8H,4-5,9H2,1H3. The summed E-state index contributed by atoms with van der Waals surface area (Å²) in [6.45, 7) is 2.29. The molecule has 0 radical (unpaired) electrons. The van der Waals surface area contributed by atoms with Gasteiger partial charge in [-0.1, -0.05) is 0 Å². The van der Waals surface area contributed by atoms with Crippen LogP contribution >= 0.6 is 11.6 Å². The third-order valence-corrected chi connectivity index (χ3v) is 3.56. The number of benzene rings is 1. The highest BCUT2D eigenvalue weighted by molar-refractivity contribution is 6.17. The van der Waals surface area contributed by atoms with Gasteiger partial charge in [0.25, 0.3) is 0 Å². The molecule has 0 fully saturated rings. The molecule has 3 rings (SSSR count).